The lowest BCUT2D eigenvalue weighted by Gasteiger charge is -2.22. The molecule has 1 amide bonds. The molecule has 0 atom stereocenters. The first-order valence-corrected chi connectivity index (χ1v) is 10.1. The van der Waals surface area contributed by atoms with Crippen molar-refractivity contribution in [1.82, 2.24) is 4.90 Å². The lowest BCUT2D eigenvalue weighted by molar-refractivity contribution is -0.136. The zero-order valence-corrected chi connectivity index (χ0v) is 17.4. The molecule has 2 heterocycles. The largest absolute Gasteiger partial charge is 0.486 e. The maximum atomic E-state index is 13.3. The van der Waals surface area contributed by atoms with E-state index in [4.69, 9.17) is 14.2 Å². The van der Waals surface area contributed by atoms with E-state index >= 15 is 0 Å². The lowest BCUT2D eigenvalue weighted by Crippen LogP contribution is -2.31. The number of benzene rings is 2. The normalized spacial score (nSPS) is 15.1. The van der Waals surface area contributed by atoms with Gasteiger partial charge >= 0.3 is 5.97 Å². The molecule has 0 saturated heterocycles. The SMILES string of the molecule is COC(=O)C1=C(Nc2cc3c(cc2C(=O)c2ccccc2)OCCO3)C(=O)N(CCO)C1. The van der Waals surface area contributed by atoms with Crippen molar-refractivity contribution in [3.8, 4) is 11.5 Å². The third-order valence-corrected chi connectivity index (χ3v) is 5.18. The second-order valence-corrected chi connectivity index (χ2v) is 7.16. The maximum Gasteiger partial charge on any atom is 0.337 e. The van der Waals surface area contributed by atoms with E-state index in [0.717, 1.165) is 0 Å². The Labute approximate surface area is 184 Å². The molecule has 4 rings (SSSR count). The number of methoxy groups -OCH3 is 1. The van der Waals surface area contributed by atoms with Crippen LogP contribution in [0.4, 0.5) is 5.69 Å². The average molecular weight is 438 g/mol. The van der Waals surface area contributed by atoms with Crippen LogP contribution in [0.25, 0.3) is 0 Å². The summed E-state index contributed by atoms with van der Waals surface area (Å²) >= 11 is 0. The summed E-state index contributed by atoms with van der Waals surface area (Å²) in [6, 6.07) is 11.8. The van der Waals surface area contributed by atoms with Crippen LogP contribution < -0.4 is 14.8 Å². The minimum absolute atomic E-state index is 0.0101. The number of aliphatic hydroxyl groups is 1. The zero-order chi connectivity index (χ0) is 22.7. The highest BCUT2D eigenvalue weighted by Gasteiger charge is 2.35. The Bertz CT molecular complexity index is 1100. The average Bonchev–Trinajstić information content (AvgIpc) is 3.13. The Balaban J connectivity index is 1.79. The second kappa shape index (κ2) is 9.11. The Morgan fingerprint density at radius 1 is 1.12 bits per heavy atom. The highest BCUT2D eigenvalue weighted by atomic mass is 16.6. The molecule has 2 aliphatic heterocycles. The van der Waals surface area contributed by atoms with E-state index in [1.165, 1.54) is 12.0 Å². The summed E-state index contributed by atoms with van der Waals surface area (Å²) in [5.41, 5.74) is 1.10. The molecule has 0 bridgehead atoms. The summed E-state index contributed by atoms with van der Waals surface area (Å²) in [6.07, 6.45) is 0. The van der Waals surface area contributed by atoms with Gasteiger partial charge in [0.05, 0.1) is 31.5 Å². The predicted molar refractivity (Wildman–Crippen MR) is 114 cm³/mol. The molecule has 0 saturated carbocycles. The maximum absolute atomic E-state index is 13.3. The van der Waals surface area contributed by atoms with E-state index in [9.17, 15) is 19.5 Å². The van der Waals surface area contributed by atoms with Crippen molar-refractivity contribution in [3.05, 3.63) is 64.9 Å². The van der Waals surface area contributed by atoms with Crippen molar-refractivity contribution in [2.75, 3.05) is 45.3 Å². The van der Waals surface area contributed by atoms with E-state index in [2.05, 4.69) is 5.32 Å². The van der Waals surface area contributed by atoms with Gasteiger partial charge in [-0.25, -0.2) is 4.79 Å². The second-order valence-electron chi connectivity index (χ2n) is 7.16. The molecule has 32 heavy (non-hydrogen) atoms. The fourth-order valence-corrected chi connectivity index (χ4v) is 3.61. The number of nitrogens with one attached hydrogen (secondary N) is 1. The van der Waals surface area contributed by atoms with Gasteiger partial charge in [0.1, 0.15) is 18.9 Å². The summed E-state index contributed by atoms with van der Waals surface area (Å²) in [6.45, 7) is 0.486. The van der Waals surface area contributed by atoms with Gasteiger partial charge in [-0.05, 0) is 6.07 Å². The van der Waals surface area contributed by atoms with Crippen LogP contribution in [0.2, 0.25) is 0 Å². The number of ether oxygens (including phenoxy) is 3. The smallest absolute Gasteiger partial charge is 0.337 e. The monoisotopic (exact) mass is 438 g/mol. The van der Waals surface area contributed by atoms with E-state index in [1.807, 2.05) is 0 Å². The van der Waals surface area contributed by atoms with E-state index in [0.29, 0.717) is 36.0 Å². The molecule has 0 unspecified atom stereocenters. The van der Waals surface area contributed by atoms with Gasteiger partial charge < -0.3 is 29.5 Å². The van der Waals surface area contributed by atoms with Crippen molar-refractivity contribution in [3.63, 3.8) is 0 Å². The quantitative estimate of drug-likeness (QED) is 0.492. The third-order valence-electron chi connectivity index (χ3n) is 5.18. The number of aliphatic hydroxyl groups excluding tert-OH is 1. The number of amides is 1. The summed E-state index contributed by atoms with van der Waals surface area (Å²) in [5, 5.41) is 12.2. The Morgan fingerprint density at radius 3 is 2.47 bits per heavy atom. The number of hydrogen-bond acceptors (Lipinski definition) is 8. The van der Waals surface area contributed by atoms with Crippen LogP contribution in [0, 0.1) is 0 Å². The molecule has 0 fully saturated rings. The highest BCUT2D eigenvalue weighted by Crippen LogP contribution is 2.38. The lowest BCUT2D eigenvalue weighted by atomic mass is 10.0. The number of carbonyl (C=O) groups is 3. The fraction of sp³-hybridized carbons (Fsp3) is 0.261. The molecular formula is C23H22N2O7. The number of hydrogen-bond donors (Lipinski definition) is 2. The van der Waals surface area contributed by atoms with Crippen LogP contribution >= 0.6 is 0 Å². The summed E-state index contributed by atoms with van der Waals surface area (Å²) < 4.78 is 16.1. The summed E-state index contributed by atoms with van der Waals surface area (Å²) in [5.74, 6) is -0.602. The van der Waals surface area contributed by atoms with Crippen molar-refractivity contribution in [2.45, 2.75) is 0 Å². The first kappa shape index (κ1) is 21.4. The van der Waals surface area contributed by atoms with Crippen molar-refractivity contribution in [2.24, 2.45) is 0 Å². The van der Waals surface area contributed by atoms with Crippen molar-refractivity contribution >= 4 is 23.3 Å². The van der Waals surface area contributed by atoms with Gasteiger partial charge in [0, 0.05) is 23.7 Å². The molecule has 2 aromatic rings. The van der Waals surface area contributed by atoms with Gasteiger partial charge in [0.15, 0.2) is 17.3 Å². The minimum Gasteiger partial charge on any atom is -0.486 e. The minimum atomic E-state index is -0.672. The van der Waals surface area contributed by atoms with Gasteiger partial charge in [0.2, 0.25) is 0 Å². The molecule has 0 aromatic heterocycles. The van der Waals surface area contributed by atoms with Gasteiger partial charge in [-0.3, -0.25) is 9.59 Å². The summed E-state index contributed by atoms with van der Waals surface area (Å²) in [4.78, 5) is 39.8. The predicted octanol–water partition coefficient (Wildman–Crippen LogP) is 1.36. The number of fused-ring (bicyclic) bond motifs is 1. The van der Waals surface area contributed by atoms with Crippen LogP contribution in [0.1, 0.15) is 15.9 Å². The third kappa shape index (κ3) is 4.02. The number of ketones is 1. The molecule has 0 radical (unpaired) electrons. The molecule has 2 N–H and O–H groups in total. The Hall–Kier alpha value is -3.85. The van der Waals surface area contributed by atoms with Crippen molar-refractivity contribution < 1.29 is 33.7 Å². The highest BCUT2D eigenvalue weighted by molar-refractivity contribution is 6.14. The van der Waals surface area contributed by atoms with Crippen LogP contribution in [-0.2, 0) is 14.3 Å². The number of β-amino-alcohol motifs (C(OH)–C–C–N with tert-alkyl or cyclic N) is 1. The first-order valence-electron chi connectivity index (χ1n) is 10.1. The van der Waals surface area contributed by atoms with Crippen molar-refractivity contribution in [1.29, 1.82) is 0 Å². The molecule has 0 aliphatic carbocycles. The molecule has 9 heteroatoms. The van der Waals surface area contributed by atoms with Crippen LogP contribution in [0.3, 0.4) is 0 Å². The standard InChI is InChI=1S/C23H22N2O7/c1-30-23(29)16-13-25(7-8-26)22(28)20(16)24-17-12-19-18(31-9-10-32-19)11-15(17)21(27)14-5-3-2-4-6-14/h2-6,11-12,24,26H,7-10,13H2,1H3. The van der Waals surface area contributed by atoms with Gasteiger partial charge in [-0.2, -0.15) is 0 Å². The zero-order valence-electron chi connectivity index (χ0n) is 17.4. The fourth-order valence-electron chi connectivity index (χ4n) is 3.61. The molecular weight excluding hydrogens is 416 g/mol. The van der Waals surface area contributed by atoms with Crippen LogP contribution in [0.15, 0.2) is 53.7 Å². The summed E-state index contributed by atoms with van der Waals surface area (Å²) in [7, 11) is 1.22. The number of nitrogens with zero attached hydrogens (tertiary/aromatic N) is 1. The number of rotatable bonds is 7. The number of esters is 1. The Morgan fingerprint density at radius 2 is 1.81 bits per heavy atom. The van der Waals surface area contributed by atoms with Crippen LogP contribution in [0.5, 0.6) is 11.5 Å². The van der Waals surface area contributed by atoms with Gasteiger partial charge in [-0.1, -0.05) is 30.3 Å². The van der Waals surface area contributed by atoms with Gasteiger partial charge in [0.25, 0.3) is 5.91 Å². The molecule has 2 aromatic carbocycles. The van der Waals surface area contributed by atoms with E-state index in [1.54, 1.807) is 42.5 Å². The molecule has 9 nitrogen and oxygen atoms in total. The van der Waals surface area contributed by atoms with E-state index < -0.39 is 11.9 Å². The number of carbonyl (C=O) groups excluding carboxylic acids is 3. The van der Waals surface area contributed by atoms with Crippen LogP contribution in [-0.4, -0.2) is 67.7 Å². The molecule has 0 spiro atoms. The van der Waals surface area contributed by atoms with Gasteiger partial charge in [-0.15, -0.1) is 0 Å². The Kier molecular flexibility index (Phi) is 6.09. The van der Waals surface area contributed by atoms with E-state index in [-0.39, 0.29) is 42.3 Å². The molecule has 166 valence electrons. The topological polar surface area (TPSA) is 114 Å². The molecule has 2 aliphatic rings. The number of anilines is 1. The first-order chi connectivity index (χ1) is 15.5.